The van der Waals surface area contributed by atoms with Crippen LogP contribution in [0, 0.1) is 28.4 Å². The van der Waals surface area contributed by atoms with Gasteiger partial charge in [0.2, 0.25) is 0 Å². The lowest BCUT2D eigenvalue weighted by Crippen LogP contribution is -1.96. The third-order valence-electron chi connectivity index (χ3n) is 3.61. The fraction of sp³-hybridized carbons (Fsp3) is 0.0556. The van der Waals surface area contributed by atoms with E-state index >= 15 is 0 Å². The standard InChI is InChI=1S/C18H12N2O3/c1-12-6-2-5-9-17(12)23-18-10-16(20(21)22)14-8-4-3-7-13(14)15(18)11-19/h2-10H,1H3. The summed E-state index contributed by atoms with van der Waals surface area (Å²) in [7, 11) is 0. The van der Waals surface area contributed by atoms with E-state index in [1.807, 2.05) is 25.1 Å². The summed E-state index contributed by atoms with van der Waals surface area (Å²) >= 11 is 0. The summed E-state index contributed by atoms with van der Waals surface area (Å²) in [5.41, 5.74) is 1.09. The first-order valence-electron chi connectivity index (χ1n) is 6.95. The van der Waals surface area contributed by atoms with Gasteiger partial charge < -0.3 is 4.74 Å². The number of nitrogens with zero attached hydrogens (tertiary/aromatic N) is 2. The highest BCUT2D eigenvalue weighted by Crippen LogP contribution is 2.37. The zero-order chi connectivity index (χ0) is 16.4. The van der Waals surface area contributed by atoms with Gasteiger partial charge in [-0.15, -0.1) is 0 Å². The SMILES string of the molecule is Cc1ccccc1Oc1cc([N+](=O)[O-])c2ccccc2c1C#N. The van der Waals surface area contributed by atoms with Crippen LogP contribution in [0.5, 0.6) is 11.5 Å². The van der Waals surface area contributed by atoms with Crippen LogP contribution in [0.2, 0.25) is 0 Å². The van der Waals surface area contributed by atoms with E-state index in [9.17, 15) is 15.4 Å². The van der Waals surface area contributed by atoms with Crippen molar-refractivity contribution in [3.05, 3.63) is 75.8 Å². The Kier molecular flexibility index (Phi) is 3.65. The van der Waals surface area contributed by atoms with E-state index in [2.05, 4.69) is 6.07 Å². The summed E-state index contributed by atoms with van der Waals surface area (Å²) in [4.78, 5) is 10.9. The molecule has 0 heterocycles. The van der Waals surface area contributed by atoms with Gasteiger partial charge in [-0.2, -0.15) is 5.26 Å². The molecule has 0 N–H and O–H groups in total. The molecule has 0 amide bonds. The Morgan fingerprint density at radius 2 is 1.70 bits per heavy atom. The molecule has 0 aliphatic rings. The van der Waals surface area contributed by atoms with Gasteiger partial charge >= 0.3 is 0 Å². The van der Waals surface area contributed by atoms with Gasteiger partial charge in [0, 0.05) is 5.39 Å². The van der Waals surface area contributed by atoms with E-state index in [1.54, 1.807) is 30.3 Å². The number of rotatable bonds is 3. The van der Waals surface area contributed by atoms with Crippen LogP contribution in [0.1, 0.15) is 11.1 Å². The number of aryl methyl sites for hydroxylation is 1. The second-order valence-corrected chi connectivity index (χ2v) is 5.05. The third-order valence-corrected chi connectivity index (χ3v) is 3.61. The molecule has 0 atom stereocenters. The van der Waals surface area contributed by atoms with Crippen LogP contribution in [0.25, 0.3) is 10.8 Å². The van der Waals surface area contributed by atoms with Crippen molar-refractivity contribution >= 4 is 16.5 Å². The fourth-order valence-electron chi connectivity index (χ4n) is 2.47. The topological polar surface area (TPSA) is 76.2 Å². The van der Waals surface area contributed by atoms with Crippen LogP contribution < -0.4 is 4.74 Å². The lowest BCUT2D eigenvalue weighted by Gasteiger charge is -2.12. The predicted octanol–water partition coefficient (Wildman–Crippen LogP) is 4.72. The normalized spacial score (nSPS) is 10.3. The minimum Gasteiger partial charge on any atom is -0.455 e. The first kappa shape index (κ1) is 14.5. The van der Waals surface area contributed by atoms with Crippen molar-refractivity contribution in [3.8, 4) is 17.6 Å². The summed E-state index contributed by atoms with van der Waals surface area (Å²) in [5, 5.41) is 21.8. The highest BCUT2D eigenvalue weighted by atomic mass is 16.6. The lowest BCUT2D eigenvalue weighted by atomic mass is 10.0. The predicted molar refractivity (Wildman–Crippen MR) is 86.6 cm³/mol. The minimum absolute atomic E-state index is 0.0804. The van der Waals surface area contributed by atoms with Crippen LogP contribution in [0.15, 0.2) is 54.6 Å². The number of nitro benzene ring substituents is 1. The number of para-hydroxylation sites is 1. The Balaban J connectivity index is 2.26. The largest absolute Gasteiger partial charge is 0.455 e. The molecule has 0 aromatic heterocycles. The average Bonchev–Trinajstić information content (AvgIpc) is 2.56. The van der Waals surface area contributed by atoms with Crippen molar-refractivity contribution in [3.63, 3.8) is 0 Å². The van der Waals surface area contributed by atoms with E-state index in [0.717, 1.165) is 5.56 Å². The molecule has 3 aromatic carbocycles. The van der Waals surface area contributed by atoms with Crippen molar-refractivity contribution in [2.45, 2.75) is 6.92 Å². The van der Waals surface area contributed by atoms with E-state index in [0.29, 0.717) is 16.5 Å². The Hall–Kier alpha value is -3.39. The van der Waals surface area contributed by atoms with Crippen molar-refractivity contribution in [2.24, 2.45) is 0 Å². The first-order chi connectivity index (χ1) is 11.1. The zero-order valence-corrected chi connectivity index (χ0v) is 12.3. The molecule has 0 saturated heterocycles. The van der Waals surface area contributed by atoms with E-state index in [-0.39, 0.29) is 17.0 Å². The molecule has 5 heteroatoms. The molecule has 0 aliphatic carbocycles. The maximum atomic E-state index is 11.4. The summed E-state index contributed by atoms with van der Waals surface area (Å²) in [6.07, 6.45) is 0. The number of non-ortho nitro benzene ring substituents is 1. The Bertz CT molecular complexity index is 958. The van der Waals surface area contributed by atoms with Gasteiger partial charge in [0.1, 0.15) is 17.4 Å². The van der Waals surface area contributed by atoms with Crippen molar-refractivity contribution < 1.29 is 9.66 Å². The van der Waals surface area contributed by atoms with E-state index in [1.165, 1.54) is 6.07 Å². The molecule has 5 nitrogen and oxygen atoms in total. The minimum atomic E-state index is -0.464. The number of nitriles is 1. The molecule has 112 valence electrons. The monoisotopic (exact) mass is 304 g/mol. The van der Waals surface area contributed by atoms with Crippen LogP contribution in [-0.2, 0) is 0 Å². The molecule has 0 saturated carbocycles. The molecule has 0 spiro atoms. The molecule has 3 aromatic rings. The summed E-state index contributed by atoms with van der Waals surface area (Å²) in [6, 6.07) is 17.5. The molecule has 23 heavy (non-hydrogen) atoms. The third kappa shape index (κ3) is 2.58. The number of benzene rings is 3. The summed E-state index contributed by atoms with van der Waals surface area (Å²) < 4.78 is 5.80. The lowest BCUT2D eigenvalue weighted by molar-refractivity contribution is -0.383. The molecule has 0 radical (unpaired) electrons. The van der Waals surface area contributed by atoms with E-state index in [4.69, 9.17) is 4.74 Å². The molecule has 0 fully saturated rings. The molecule has 0 aliphatic heterocycles. The molecule has 0 bridgehead atoms. The van der Waals surface area contributed by atoms with Gasteiger partial charge in [0.25, 0.3) is 5.69 Å². The highest BCUT2D eigenvalue weighted by molar-refractivity contribution is 5.97. The average molecular weight is 304 g/mol. The number of hydrogen-bond donors (Lipinski definition) is 0. The highest BCUT2D eigenvalue weighted by Gasteiger charge is 2.20. The van der Waals surface area contributed by atoms with Crippen LogP contribution in [-0.4, -0.2) is 4.92 Å². The van der Waals surface area contributed by atoms with Gasteiger partial charge in [-0.3, -0.25) is 10.1 Å². The van der Waals surface area contributed by atoms with E-state index < -0.39 is 4.92 Å². The maximum Gasteiger partial charge on any atom is 0.281 e. The number of nitro groups is 1. The molecule has 3 rings (SSSR count). The van der Waals surface area contributed by atoms with Gasteiger partial charge in [0.15, 0.2) is 5.75 Å². The van der Waals surface area contributed by atoms with Crippen molar-refractivity contribution in [1.29, 1.82) is 5.26 Å². The second-order valence-electron chi connectivity index (χ2n) is 5.05. The van der Waals surface area contributed by atoms with Gasteiger partial charge in [-0.1, -0.05) is 36.4 Å². The first-order valence-corrected chi connectivity index (χ1v) is 6.95. The van der Waals surface area contributed by atoms with Crippen LogP contribution in [0.4, 0.5) is 5.69 Å². The Morgan fingerprint density at radius 3 is 2.35 bits per heavy atom. The summed E-state index contributed by atoms with van der Waals surface area (Å²) in [6.45, 7) is 1.87. The zero-order valence-electron chi connectivity index (χ0n) is 12.3. The number of fused-ring (bicyclic) bond motifs is 1. The molecular formula is C18H12N2O3. The maximum absolute atomic E-state index is 11.4. The number of ether oxygens (including phenoxy) is 1. The Morgan fingerprint density at radius 1 is 1.04 bits per heavy atom. The second kappa shape index (κ2) is 5.78. The quantitative estimate of drug-likeness (QED) is 0.518. The summed E-state index contributed by atoms with van der Waals surface area (Å²) in [5.74, 6) is 0.751. The van der Waals surface area contributed by atoms with Gasteiger partial charge in [0.05, 0.1) is 16.4 Å². The smallest absolute Gasteiger partial charge is 0.281 e. The van der Waals surface area contributed by atoms with Crippen LogP contribution >= 0.6 is 0 Å². The number of hydrogen-bond acceptors (Lipinski definition) is 4. The van der Waals surface area contributed by atoms with Crippen LogP contribution in [0.3, 0.4) is 0 Å². The van der Waals surface area contributed by atoms with Crippen molar-refractivity contribution in [2.75, 3.05) is 0 Å². The Labute approximate surface area is 132 Å². The molecular weight excluding hydrogens is 292 g/mol. The van der Waals surface area contributed by atoms with Crippen molar-refractivity contribution in [1.82, 2.24) is 0 Å². The fourth-order valence-corrected chi connectivity index (χ4v) is 2.47. The van der Waals surface area contributed by atoms with Gasteiger partial charge in [-0.25, -0.2) is 0 Å². The van der Waals surface area contributed by atoms with Gasteiger partial charge in [-0.05, 0) is 24.6 Å². The molecule has 0 unspecified atom stereocenters.